The summed E-state index contributed by atoms with van der Waals surface area (Å²) in [6, 6.07) is 3.68. The smallest absolute Gasteiger partial charge is 0.271 e. The fraction of sp³-hybridized carbons (Fsp3) is 0.727. The first-order chi connectivity index (χ1) is 13.1. The molecule has 1 aromatic rings. The van der Waals surface area contributed by atoms with Crippen molar-refractivity contribution in [1.82, 2.24) is 0 Å². The first kappa shape index (κ1) is 24.0. The normalized spacial score (nSPS) is 12.7. The Labute approximate surface area is 163 Å². The molecule has 1 rings (SSSR count). The van der Waals surface area contributed by atoms with Gasteiger partial charge in [0.2, 0.25) is 0 Å². The minimum atomic E-state index is -0.675. The van der Waals surface area contributed by atoms with Crippen LogP contribution >= 0.6 is 0 Å². The molecule has 0 aliphatic heterocycles. The molecule has 0 heterocycles. The zero-order valence-electron chi connectivity index (χ0n) is 17.1. The van der Waals surface area contributed by atoms with E-state index in [9.17, 15) is 8.78 Å². The number of unbranched alkanes of at least 4 members (excludes halogenated alkanes) is 6. The first-order valence-corrected chi connectivity index (χ1v) is 10.2. The lowest BCUT2D eigenvalue weighted by molar-refractivity contribution is -0.285. The first-order valence-electron chi connectivity index (χ1n) is 10.2. The maximum Gasteiger partial charge on any atom is 0.271 e. The minimum absolute atomic E-state index is 0.0175. The Morgan fingerprint density at radius 2 is 1.33 bits per heavy atom. The topological polar surface area (TPSA) is 27.7 Å². The SMILES string of the molecule is CCCCCCCCCC(CCCc1cc(F)cc(F)c1)OC(OC)OC. The van der Waals surface area contributed by atoms with Crippen LogP contribution in [0, 0.1) is 11.6 Å². The Balaban J connectivity index is 2.38. The molecule has 0 amide bonds. The van der Waals surface area contributed by atoms with Crippen molar-refractivity contribution in [2.75, 3.05) is 14.2 Å². The number of methoxy groups -OCH3 is 2. The van der Waals surface area contributed by atoms with Crippen LogP contribution in [0.25, 0.3) is 0 Å². The van der Waals surface area contributed by atoms with Gasteiger partial charge in [0.15, 0.2) is 0 Å². The summed E-state index contributed by atoms with van der Waals surface area (Å²) in [6.45, 7) is 1.55. The van der Waals surface area contributed by atoms with E-state index in [2.05, 4.69) is 6.92 Å². The van der Waals surface area contributed by atoms with E-state index in [0.717, 1.165) is 31.7 Å². The van der Waals surface area contributed by atoms with Gasteiger partial charge in [0, 0.05) is 20.3 Å². The van der Waals surface area contributed by atoms with Gasteiger partial charge in [-0.2, -0.15) is 0 Å². The average molecular weight is 387 g/mol. The van der Waals surface area contributed by atoms with Crippen molar-refractivity contribution < 1.29 is 23.0 Å². The molecule has 0 spiro atoms. The highest BCUT2D eigenvalue weighted by Crippen LogP contribution is 2.18. The highest BCUT2D eigenvalue weighted by atomic mass is 19.1. The van der Waals surface area contributed by atoms with Crippen molar-refractivity contribution in [3.63, 3.8) is 0 Å². The van der Waals surface area contributed by atoms with Gasteiger partial charge in [-0.3, -0.25) is 0 Å². The minimum Gasteiger partial charge on any atom is -0.333 e. The Morgan fingerprint density at radius 3 is 1.93 bits per heavy atom. The van der Waals surface area contributed by atoms with Crippen molar-refractivity contribution in [1.29, 1.82) is 0 Å². The van der Waals surface area contributed by atoms with Crippen LogP contribution in [0.4, 0.5) is 8.78 Å². The molecule has 1 aromatic carbocycles. The van der Waals surface area contributed by atoms with E-state index in [-0.39, 0.29) is 6.10 Å². The third kappa shape index (κ3) is 11.4. The Kier molecular flexibility index (Phi) is 13.3. The second kappa shape index (κ2) is 14.9. The highest BCUT2D eigenvalue weighted by Gasteiger charge is 2.16. The van der Waals surface area contributed by atoms with Gasteiger partial charge >= 0.3 is 0 Å². The van der Waals surface area contributed by atoms with Crippen LogP contribution in [-0.4, -0.2) is 26.8 Å². The molecule has 1 unspecified atom stereocenters. The molecule has 3 nitrogen and oxygen atoms in total. The van der Waals surface area contributed by atoms with E-state index in [4.69, 9.17) is 14.2 Å². The van der Waals surface area contributed by atoms with E-state index in [0.29, 0.717) is 12.0 Å². The summed E-state index contributed by atoms with van der Waals surface area (Å²) >= 11 is 0. The zero-order valence-corrected chi connectivity index (χ0v) is 17.1. The Morgan fingerprint density at radius 1 is 0.778 bits per heavy atom. The molecule has 0 saturated heterocycles. The third-order valence-corrected chi connectivity index (χ3v) is 4.73. The lowest BCUT2D eigenvalue weighted by atomic mass is 10.0. The second-order valence-electron chi connectivity index (χ2n) is 7.10. The van der Waals surface area contributed by atoms with Crippen LogP contribution in [0.1, 0.15) is 76.7 Å². The number of halogens is 2. The number of hydrogen-bond acceptors (Lipinski definition) is 3. The molecule has 0 aromatic heterocycles. The van der Waals surface area contributed by atoms with Crippen LogP contribution in [0.3, 0.4) is 0 Å². The fourth-order valence-corrected chi connectivity index (χ4v) is 3.26. The molecular weight excluding hydrogens is 350 g/mol. The molecule has 5 heteroatoms. The monoisotopic (exact) mass is 386 g/mol. The summed E-state index contributed by atoms with van der Waals surface area (Å²) in [5.41, 5.74) is 0.678. The van der Waals surface area contributed by atoms with E-state index >= 15 is 0 Å². The van der Waals surface area contributed by atoms with E-state index in [1.54, 1.807) is 14.2 Å². The molecule has 0 bridgehead atoms. The van der Waals surface area contributed by atoms with Gasteiger partial charge in [-0.05, 0) is 43.4 Å². The summed E-state index contributed by atoms with van der Waals surface area (Å²) in [5, 5.41) is 0. The average Bonchev–Trinajstić information content (AvgIpc) is 2.64. The number of rotatable bonds is 16. The maximum absolute atomic E-state index is 13.3. The van der Waals surface area contributed by atoms with Crippen LogP contribution in [0.2, 0.25) is 0 Å². The summed E-state index contributed by atoms with van der Waals surface area (Å²) < 4.78 is 42.8. The predicted molar refractivity (Wildman–Crippen MR) is 105 cm³/mol. The van der Waals surface area contributed by atoms with Gasteiger partial charge in [-0.1, -0.05) is 51.9 Å². The molecule has 0 aliphatic carbocycles. The Bertz CT molecular complexity index is 472. The van der Waals surface area contributed by atoms with Crippen LogP contribution < -0.4 is 0 Å². The molecule has 0 saturated carbocycles. The largest absolute Gasteiger partial charge is 0.333 e. The predicted octanol–water partition coefficient (Wildman–Crippen LogP) is 6.39. The number of benzene rings is 1. The van der Waals surface area contributed by atoms with Gasteiger partial charge in [-0.25, -0.2) is 8.78 Å². The van der Waals surface area contributed by atoms with Gasteiger partial charge < -0.3 is 14.2 Å². The van der Waals surface area contributed by atoms with Gasteiger partial charge in [0.1, 0.15) is 11.6 Å². The van der Waals surface area contributed by atoms with Crippen LogP contribution in [0.5, 0.6) is 0 Å². The maximum atomic E-state index is 13.3. The standard InChI is InChI=1S/C22H36F2O3/c1-4-5-6-7-8-9-10-13-21(27-22(25-2)26-3)14-11-12-18-15-19(23)17-20(24)16-18/h15-17,21-22H,4-14H2,1-3H3. The fourth-order valence-electron chi connectivity index (χ4n) is 3.26. The van der Waals surface area contributed by atoms with Crippen molar-refractivity contribution in [2.24, 2.45) is 0 Å². The summed E-state index contributed by atoms with van der Waals surface area (Å²) in [6.07, 6.45) is 11.9. The van der Waals surface area contributed by atoms with Crippen molar-refractivity contribution >= 4 is 0 Å². The van der Waals surface area contributed by atoms with Gasteiger partial charge in [0.25, 0.3) is 6.48 Å². The lowest BCUT2D eigenvalue weighted by Gasteiger charge is -2.23. The summed E-state index contributed by atoms with van der Waals surface area (Å²) in [5.74, 6) is -1.06. The molecule has 27 heavy (non-hydrogen) atoms. The highest BCUT2D eigenvalue weighted by molar-refractivity contribution is 5.17. The molecule has 1 atom stereocenters. The summed E-state index contributed by atoms with van der Waals surface area (Å²) in [4.78, 5) is 0. The number of hydrogen-bond donors (Lipinski definition) is 0. The molecule has 156 valence electrons. The molecule has 0 radical (unpaired) electrons. The van der Waals surface area contributed by atoms with E-state index < -0.39 is 18.1 Å². The van der Waals surface area contributed by atoms with Crippen LogP contribution in [-0.2, 0) is 20.6 Å². The lowest BCUT2D eigenvalue weighted by Crippen LogP contribution is -2.25. The quantitative estimate of drug-likeness (QED) is 0.243. The van der Waals surface area contributed by atoms with Crippen molar-refractivity contribution in [3.8, 4) is 0 Å². The number of ether oxygens (including phenoxy) is 3. The third-order valence-electron chi connectivity index (χ3n) is 4.73. The van der Waals surface area contributed by atoms with Crippen LogP contribution in [0.15, 0.2) is 18.2 Å². The Hall–Kier alpha value is -1.04. The number of aryl methyl sites for hydroxylation is 1. The van der Waals surface area contributed by atoms with E-state index in [1.165, 1.54) is 50.7 Å². The van der Waals surface area contributed by atoms with Crippen molar-refractivity contribution in [3.05, 3.63) is 35.4 Å². The molecular formula is C22H36F2O3. The second-order valence-corrected chi connectivity index (χ2v) is 7.10. The van der Waals surface area contributed by atoms with Gasteiger partial charge in [-0.15, -0.1) is 0 Å². The van der Waals surface area contributed by atoms with Crippen molar-refractivity contribution in [2.45, 2.75) is 90.1 Å². The van der Waals surface area contributed by atoms with E-state index in [1.807, 2.05) is 0 Å². The zero-order chi connectivity index (χ0) is 19.9. The molecule has 0 aliphatic rings. The molecule has 0 N–H and O–H groups in total. The molecule has 0 fully saturated rings. The van der Waals surface area contributed by atoms with Gasteiger partial charge in [0.05, 0.1) is 6.10 Å². The summed E-state index contributed by atoms with van der Waals surface area (Å²) in [7, 11) is 3.10.